The van der Waals surface area contributed by atoms with E-state index in [1.165, 1.54) is 32.1 Å². The van der Waals surface area contributed by atoms with Gasteiger partial charge in [0.15, 0.2) is 0 Å². The molecule has 3 N–H and O–H groups in total. The molecule has 0 saturated heterocycles. The maximum atomic E-state index is 9.13. The molecule has 2 aliphatic carbocycles. The van der Waals surface area contributed by atoms with E-state index < -0.39 is 0 Å². The smallest absolute Gasteiger partial charge is 0.0558 e. The largest absolute Gasteiger partial charge is 0.395 e. The maximum absolute atomic E-state index is 9.13. The van der Waals surface area contributed by atoms with Gasteiger partial charge in [-0.3, -0.25) is 4.90 Å². The van der Waals surface area contributed by atoms with Gasteiger partial charge < -0.3 is 10.8 Å². The number of aliphatic hydroxyl groups is 1. The highest BCUT2D eigenvalue weighted by Gasteiger charge is 2.34. The molecule has 0 spiro atoms. The Morgan fingerprint density at radius 2 is 1.73 bits per heavy atom. The summed E-state index contributed by atoms with van der Waals surface area (Å²) >= 11 is 0. The molecule has 0 heterocycles. The van der Waals surface area contributed by atoms with Crippen molar-refractivity contribution in [3.8, 4) is 0 Å². The molecule has 2 aliphatic rings. The lowest BCUT2D eigenvalue weighted by Crippen LogP contribution is -2.55. The Bertz CT molecular complexity index is 186. The summed E-state index contributed by atoms with van der Waals surface area (Å²) in [6.07, 6.45) is 9.05. The van der Waals surface area contributed by atoms with Gasteiger partial charge in [0, 0.05) is 24.7 Å². The highest BCUT2D eigenvalue weighted by Crippen LogP contribution is 2.31. The highest BCUT2D eigenvalue weighted by molar-refractivity contribution is 4.92. The topological polar surface area (TPSA) is 49.5 Å². The van der Waals surface area contributed by atoms with E-state index >= 15 is 0 Å². The SMILES string of the molecule is NC1CC(N(CCO)C2CCCCC2)C1. The van der Waals surface area contributed by atoms with Gasteiger partial charge in [0.2, 0.25) is 0 Å². The van der Waals surface area contributed by atoms with Crippen molar-refractivity contribution in [3.63, 3.8) is 0 Å². The molecule has 0 aliphatic heterocycles. The van der Waals surface area contributed by atoms with Crippen molar-refractivity contribution < 1.29 is 5.11 Å². The number of aliphatic hydroxyl groups excluding tert-OH is 1. The van der Waals surface area contributed by atoms with Crippen LogP contribution in [0.15, 0.2) is 0 Å². The standard InChI is InChI=1S/C12H24N2O/c13-10-8-12(9-10)14(6-7-15)11-4-2-1-3-5-11/h10-12,15H,1-9,13H2. The minimum atomic E-state index is 0.294. The summed E-state index contributed by atoms with van der Waals surface area (Å²) in [5.74, 6) is 0. The second-order valence-electron chi connectivity index (χ2n) is 5.14. The van der Waals surface area contributed by atoms with Crippen LogP contribution in [0.1, 0.15) is 44.9 Å². The van der Waals surface area contributed by atoms with Crippen molar-refractivity contribution in [1.82, 2.24) is 4.90 Å². The first kappa shape index (κ1) is 11.4. The predicted molar refractivity (Wildman–Crippen MR) is 61.7 cm³/mol. The Morgan fingerprint density at radius 3 is 2.27 bits per heavy atom. The average Bonchev–Trinajstić information content (AvgIpc) is 2.23. The van der Waals surface area contributed by atoms with E-state index in [9.17, 15) is 0 Å². The second-order valence-corrected chi connectivity index (χ2v) is 5.14. The molecule has 0 unspecified atom stereocenters. The molecular formula is C12H24N2O. The molecule has 0 atom stereocenters. The number of rotatable bonds is 4. The van der Waals surface area contributed by atoms with E-state index in [0.29, 0.717) is 18.7 Å². The lowest BCUT2D eigenvalue weighted by atomic mass is 9.83. The van der Waals surface area contributed by atoms with Crippen LogP contribution in [0, 0.1) is 0 Å². The van der Waals surface area contributed by atoms with E-state index in [1.807, 2.05) is 0 Å². The fourth-order valence-electron chi connectivity index (χ4n) is 3.09. The van der Waals surface area contributed by atoms with Crippen molar-refractivity contribution in [2.75, 3.05) is 13.2 Å². The molecule has 3 nitrogen and oxygen atoms in total. The lowest BCUT2D eigenvalue weighted by molar-refractivity contribution is 0.0348. The second kappa shape index (κ2) is 5.28. The summed E-state index contributed by atoms with van der Waals surface area (Å²) in [7, 11) is 0. The van der Waals surface area contributed by atoms with Gasteiger partial charge in [0.05, 0.1) is 6.61 Å². The number of nitrogens with two attached hydrogens (primary N) is 1. The minimum absolute atomic E-state index is 0.294. The quantitative estimate of drug-likeness (QED) is 0.734. The zero-order valence-electron chi connectivity index (χ0n) is 9.57. The van der Waals surface area contributed by atoms with Crippen LogP contribution in [-0.2, 0) is 0 Å². The molecule has 2 saturated carbocycles. The number of hydrogen-bond donors (Lipinski definition) is 2. The summed E-state index contributed by atoms with van der Waals surface area (Å²) in [4.78, 5) is 2.53. The third-order valence-corrected chi connectivity index (χ3v) is 4.02. The summed E-state index contributed by atoms with van der Waals surface area (Å²) in [5, 5.41) is 9.13. The van der Waals surface area contributed by atoms with Crippen LogP contribution < -0.4 is 5.73 Å². The third-order valence-electron chi connectivity index (χ3n) is 4.02. The third kappa shape index (κ3) is 2.71. The molecule has 2 fully saturated rings. The summed E-state index contributed by atoms with van der Waals surface area (Å²) in [6.45, 7) is 1.14. The summed E-state index contributed by atoms with van der Waals surface area (Å²) < 4.78 is 0. The van der Waals surface area contributed by atoms with Crippen LogP contribution in [0.25, 0.3) is 0 Å². The molecular weight excluding hydrogens is 188 g/mol. The molecule has 3 heteroatoms. The van der Waals surface area contributed by atoms with Crippen LogP contribution in [0.2, 0.25) is 0 Å². The minimum Gasteiger partial charge on any atom is -0.395 e. The fraction of sp³-hybridized carbons (Fsp3) is 1.00. The molecule has 0 aromatic heterocycles. The first-order valence-electron chi connectivity index (χ1n) is 6.43. The van der Waals surface area contributed by atoms with Gasteiger partial charge in [-0.05, 0) is 25.7 Å². The molecule has 2 rings (SSSR count). The van der Waals surface area contributed by atoms with Gasteiger partial charge in [-0.15, -0.1) is 0 Å². The van der Waals surface area contributed by atoms with E-state index in [0.717, 1.165) is 25.4 Å². The van der Waals surface area contributed by atoms with E-state index in [1.54, 1.807) is 0 Å². The predicted octanol–water partition coefficient (Wildman–Crippen LogP) is 1.10. The number of hydrogen-bond acceptors (Lipinski definition) is 3. The Kier molecular flexibility index (Phi) is 4.00. The lowest BCUT2D eigenvalue weighted by Gasteiger charge is -2.46. The van der Waals surface area contributed by atoms with Crippen molar-refractivity contribution >= 4 is 0 Å². The Hall–Kier alpha value is -0.120. The Morgan fingerprint density at radius 1 is 1.07 bits per heavy atom. The van der Waals surface area contributed by atoms with Crippen LogP contribution in [0.4, 0.5) is 0 Å². The molecule has 88 valence electrons. The molecule has 0 aromatic rings. The van der Waals surface area contributed by atoms with Gasteiger partial charge in [0.25, 0.3) is 0 Å². The first-order chi connectivity index (χ1) is 7.31. The van der Waals surface area contributed by atoms with Crippen LogP contribution in [-0.4, -0.2) is 41.3 Å². The molecule has 0 bridgehead atoms. The zero-order chi connectivity index (χ0) is 10.7. The first-order valence-corrected chi connectivity index (χ1v) is 6.43. The molecule has 0 radical (unpaired) electrons. The van der Waals surface area contributed by atoms with Gasteiger partial charge >= 0.3 is 0 Å². The maximum Gasteiger partial charge on any atom is 0.0558 e. The monoisotopic (exact) mass is 212 g/mol. The fourth-order valence-corrected chi connectivity index (χ4v) is 3.09. The molecule has 15 heavy (non-hydrogen) atoms. The van der Waals surface area contributed by atoms with Crippen LogP contribution in [0.5, 0.6) is 0 Å². The number of nitrogens with zero attached hydrogens (tertiary/aromatic N) is 1. The van der Waals surface area contributed by atoms with Crippen molar-refractivity contribution in [1.29, 1.82) is 0 Å². The zero-order valence-corrected chi connectivity index (χ0v) is 9.57. The normalized spacial score (nSPS) is 33.0. The average molecular weight is 212 g/mol. The van der Waals surface area contributed by atoms with Gasteiger partial charge in [0.1, 0.15) is 0 Å². The Balaban J connectivity index is 1.86. The van der Waals surface area contributed by atoms with Gasteiger partial charge in [-0.2, -0.15) is 0 Å². The molecule has 0 aromatic carbocycles. The van der Waals surface area contributed by atoms with Crippen molar-refractivity contribution in [3.05, 3.63) is 0 Å². The Labute approximate surface area is 92.6 Å². The van der Waals surface area contributed by atoms with Crippen LogP contribution >= 0.6 is 0 Å². The van der Waals surface area contributed by atoms with Crippen molar-refractivity contribution in [2.45, 2.75) is 63.1 Å². The van der Waals surface area contributed by atoms with Gasteiger partial charge in [-0.1, -0.05) is 19.3 Å². The molecule has 0 amide bonds. The summed E-state index contributed by atoms with van der Waals surface area (Å²) in [6, 6.07) is 1.80. The summed E-state index contributed by atoms with van der Waals surface area (Å²) in [5.41, 5.74) is 5.84. The van der Waals surface area contributed by atoms with E-state index in [2.05, 4.69) is 4.90 Å². The highest BCUT2D eigenvalue weighted by atomic mass is 16.3. The van der Waals surface area contributed by atoms with Gasteiger partial charge in [-0.25, -0.2) is 0 Å². The van der Waals surface area contributed by atoms with Crippen LogP contribution in [0.3, 0.4) is 0 Å². The van der Waals surface area contributed by atoms with E-state index in [-0.39, 0.29) is 0 Å². The van der Waals surface area contributed by atoms with Crippen molar-refractivity contribution in [2.24, 2.45) is 5.73 Å². The van der Waals surface area contributed by atoms with E-state index in [4.69, 9.17) is 10.8 Å².